The van der Waals surface area contributed by atoms with Crippen LogP contribution in [0.1, 0.15) is 0 Å². The third kappa shape index (κ3) is 1.59. The predicted molar refractivity (Wildman–Crippen MR) is 77.4 cm³/mol. The zero-order chi connectivity index (χ0) is 14.2. The molecular formula is C9H6Cl6O3S. The van der Waals surface area contributed by atoms with Crippen LogP contribution in [-0.4, -0.2) is 31.5 Å². The summed E-state index contributed by atoms with van der Waals surface area (Å²) in [5.41, 5.74) is 0. The number of halogens is 6. The smallest absolute Gasteiger partial charge is 0.268 e. The Hall–Kier alpha value is 1.55. The number of rotatable bonds is 0. The van der Waals surface area contributed by atoms with Gasteiger partial charge in [0.05, 0.1) is 23.3 Å². The van der Waals surface area contributed by atoms with Crippen molar-refractivity contribution in [1.82, 2.24) is 0 Å². The van der Waals surface area contributed by atoms with Gasteiger partial charge in [-0.15, -0.1) is 23.2 Å². The number of allylic oxidation sites excluding steroid dienone is 2. The minimum Gasteiger partial charge on any atom is -0.268 e. The Morgan fingerprint density at radius 1 is 0.947 bits per heavy atom. The Bertz CT molecular complexity index is 470. The summed E-state index contributed by atoms with van der Waals surface area (Å²) < 4.78 is 19.7. The second kappa shape index (κ2) is 4.53. The molecule has 1 aliphatic heterocycles. The molecule has 3 unspecified atom stereocenters. The summed E-state index contributed by atoms with van der Waals surface area (Å²) >= 11 is 36.4. The van der Waals surface area contributed by atoms with Crippen LogP contribution in [0.25, 0.3) is 0 Å². The van der Waals surface area contributed by atoms with Crippen LogP contribution >= 0.6 is 69.6 Å². The molecule has 1 saturated carbocycles. The molecule has 3 rings (SSSR count). The molecule has 108 valence electrons. The van der Waals surface area contributed by atoms with Gasteiger partial charge in [0.25, 0.3) is 0 Å². The first-order valence-electron chi connectivity index (χ1n) is 5.19. The first kappa shape index (κ1) is 15.4. The van der Waals surface area contributed by atoms with Gasteiger partial charge in [0, 0.05) is 11.8 Å². The molecule has 0 amide bonds. The zero-order valence-electron chi connectivity index (χ0n) is 8.97. The van der Waals surface area contributed by atoms with Gasteiger partial charge >= 0.3 is 11.4 Å². The van der Waals surface area contributed by atoms with E-state index in [9.17, 15) is 4.21 Å². The number of alkyl halides is 4. The van der Waals surface area contributed by atoms with Crippen molar-refractivity contribution in [1.29, 1.82) is 0 Å². The molecule has 3 nitrogen and oxygen atoms in total. The van der Waals surface area contributed by atoms with E-state index in [-0.39, 0.29) is 23.3 Å². The minimum absolute atomic E-state index is 0.0107. The summed E-state index contributed by atoms with van der Waals surface area (Å²) in [5.74, 6) is -0.911. The molecule has 5 atom stereocenters. The second-order valence-electron chi connectivity index (χ2n) is 4.61. The van der Waals surface area contributed by atoms with Crippen LogP contribution in [0.5, 0.6) is 0 Å². The van der Waals surface area contributed by atoms with Crippen LogP contribution in [-0.2, 0) is 19.7 Å². The first-order valence-corrected chi connectivity index (χ1v) is 8.46. The average Bonchev–Trinajstić information content (AvgIpc) is 2.54. The van der Waals surface area contributed by atoms with Crippen molar-refractivity contribution in [3.05, 3.63) is 10.1 Å². The van der Waals surface area contributed by atoms with Gasteiger partial charge in [-0.1, -0.05) is 46.4 Å². The fourth-order valence-electron chi connectivity index (χ4n) is 2.96. The van der Waals surface area contributed by atoms with Crippen LogP contribution in [0.2, 0.25) is 0 Å². The highest BCUT2D eigenvalue weighted by molar-refractivity contribution is 7.75. The standard InChI is InChI=1S/C9H6Cl6O3S/c10-5-6(11)8(13)4-2-18-19(16)17-1-3(4)7(5,12)9(8,14)15/h3-4H,1-2H2/t3?,4?,7-,8+,19?. The highest BCUT2D eigenvalue weighted by Gasteiger charge is 2.82. The van der Waals surface area contributed by atoms with Crippen molar-refractivity contribution < 1.29 is 12.6 Å². The molecule has 0 aromatic carbocycles. The maximum Gasteiger partial charge on any atom is 0.304 e. The third-order valence-corrected chi connectivity index (χ3v) is 8.95. The lowest BCUT2D eigenvalue weighted by atomic mass is 9.83. The summed E-state index contributed by atoms with van der Waals surface area (Å²) in [6.07, 6.45) is 0. The number of hydrogen-bond donors (Lipinski definition) is 0. The lowest BCUT2D eigenvalue weighted by molar-refractivity contribution is 0.207. The van der Waals surface area contributed by atoms with E-state index in [1.807, 2.05) is 0 Å². The molecular weight excluding hydrogens is 401 g/mol. The SMILES string of the molecule is O=S1OCC2C(CO1)[C@@]1(Cl)C(Cl)=C(Cl)[C@]2(Cl)C1(Cl)Cl. The quantitative estimate of drug-likeness (QED) is 0.575. The Balaban J connectivity index is 2.19. The number of hydrogen-bond acceptors (Lipinski definition) is 3. The molecule has 0 aromatic heterocycles. The molecule has 3 aliphatic rings. The van der Waals surface area contributed by atoms with Crippen LogP contribution in [0.15, 0.2) is 10.1 Å². The van der Waals surface area contributed by atoms with E-state index in [1.54, 1.807) is 0 Å². The van der Waals surface area contributed by atoms with E-state index in [0.29, 0.717) is 0 Å². The monoisotopic (exact) mass is 404 g/mol. The summed E-state index contributed by atoms with van der Waals surface area (Å²) in [6.45, 7) is 0.0215. The van der Waals surface area contributed by atoms with E-state index in [1.165, 1.54) is 0 Å². The molecule has 0 N–H and O–H groups in total. The van der Waals surface area contributed by atoms with Gasteiger partial charge in [-0.3, -0.25) is 8.37 Å². The van der Waals surface area contributed by atoms with Crippen molar-refractivity contribution in [2.45, 2.75) is 14.1 Å². The molecule has 1 heterocycles. The van der Waals surface area contributed by atoms with Crippen molar-refractivity contribution in [3.8, 4) is 0 Å². The van der Waals surface area contributed by atoms with E-state index >= 15 is 0 Å². The molecule has 10 heteroatoms. The van der Waals surface area contributed by atoms with E-state index in [4.69, 9.17) is 78.0 Å². The molecule has 1 saturated heterocycles. The van der Waals surface area contributed by atoms with Crippen LogP contribution in [0.3, 0.4) is 0 Å². The fourth-order valence-corrected chi connectivity index (χ4v) is 6.60. The van der Waals surface area contributed by atoms with Gasteiger partial charge in [-0.2, -0.15) is 4.21 Å². The molecule has 0 aromatic rings. The van der Waals surface area contributed by atoms with Gasteiger partial charge < -0.3 is 0 Å². The lowest BCUT2D eigenvalue weighted by Gasteiger charge is -2.33. The van der Waals surface area contributed by atoms with Gasteiger partial charge in [0.15, 0.2) is 4.33 Å². The summed E-state index contributed by atoms with van der Waals surface area (Å²) in [4.78, 5) is -2.78. The highest BCUT2D eigenvalue weighted by atomic mass is 35.5. The fraction of sp³-hybridized carbons (Fsp3) is 0.778. The van der Waals surface area contributed by atoms with Crippen LogP contribution in [0, 0.1) is 11.8 Å². The second-order valence-corrected chi connectivity index (χ2v) is 8.77. The Kier molecular flexibility index (Phi) is 3.68. The topological polar surface area (TPSA) is 35.5 Å². The first-order chi connectivity index (χ1) is 8.69. The molecule has 2 fully saturated rings. The summed E-state index contributed by atoms with van der Waals surface area (Å²) in [6, 6.07) is 0. The maximum atomic E-state index is 11.3. The van der Waals surface area contributed by atoms with Crippen LogP contribution < -0.4 is 0 Å². The van der Waals surface area contributed by atoms with Gasteiger partial charge in [0.2, 0.25) is 0 Å². The maximum absolute atomic E-state index is 11.3. The van der Waals surface area contributed by atoms with Crippen molar-refractivity contribution in [2.24, 2.45) is 11.8 Å². The minimum atomic E-state index is -1.86. The molecule has 19 heavy (non-hydrogen) atoms. The lowest BCUT2D eigenvalue weighted by Crippen LogP contribution is -2.45. The van der Waals surface area contributed by atoms with Crippen molar-refractivity contribution in [2.75, 3.05) is 13.2 Å². The normalized spacial score (nSPS) is 52.2. The summed E-state index contributed by atoms with van der Waals surface area (Å²) in [7, 11) is 0. The average molecular weight is 407 g/mol. The predicted octanol–water partition coefficient (Wildman–Crippen LogP) is 3.69. The Morgan fingerprint density at radius 2 is 1.32 bits per heavy atom. The van der Waals surface area contributed by atoms with Crippen molar-refractivity contribution >= 4 is 81.0 Å². The summed E-state index contributed by atoms with van der Waals surface area (Å²) in [5, 5.41) is 0.210. The van der Waals surface area contributed by atoms with Gasteiger partial charge in [-0.25, -0.2) is 0 Å². The van der Waals surface area contributed by atoms with Crippen LogP contribution in [0.4, 0.5) is 0 Å². The molecule has 0 spiro atoms. The molecule has 0 radical (unpaired) electrons. The van der Waals surface area contributed by atoms with Crippen molar-refractivity contribution in [3.63, 3.8) is 0 Å². The zero-order valence-corrected chi connectivity index (χ0v) is 14.3. The Labute approximate surface area is 142 Å². The third-order valence-electron chi connectivity index (χ3n) is 3.94. The number of fused-ring (bicyclic) bond motifs is 5. The largest absolute Gasteiger partial charge is 0.304 e. The molecule has 2 aliphatic carbocycles. The Morgan fingerprint density at radius 3 is 1.68 bits per heavy atom. The van der Waals surface area contributed by atoms with Gasteiger partial charge in [0.1, 0.15) is 9.75 Å². The van der Waals surface area contributed by atoms with E-state index in [2.05, 4.69) is 0 Å². The van der Waals surface area contributed by atoms with Gasteiger partial charge in [-0.05, 0) is 0 Å². The highest BCUT2D eigenvalue weighted by Crippen LogP contribution is 2.76. The van der Waals surface area contributed by atoms with E-state index < -0.39 is 37.3 Å². The molecule has 2 bridgehead atoms. The van der Waals surface area contributed by atoms with E-state index in [0.717, 1.165) is 0 Å².